The zero-order valence-corrected chi connectivity index (χ0v) is 11.5. The van der Waals surface area contributed by atoms with Crippen LogP contribution in [0.1, 0.15) is 0 Å². The number of halogens is 3. The molecule has 0 fully saturated rings. The monoisotopic (exact) mass is 316 g/mol. The Morgan fingerprint density at radius 3 is 2.10 bits per heavy atom. The number of pyridine rings is 1. The minimum Gasteiger partial charge on any atom is -0.265 e. The standard InChI is InChI=1S/C13H11F3N2O2S/c14-13(15,16)10-18(11-6-8-17-9-7-11)21(19,20)12-4-2-1-3-5-12/h1-9H,10H2. The molecular formula is C13H11F3N2O2S. The number of alkyl halides is 3. The summed E-state index contributed by atoms with van der Waals surface area (Å²) in [7, 11) is -4.30. The Hall–Kier alpha value is -2.09. The number of hydrogen-bond donors (Lipinski definition) is 0. The maximum atomic E-state index is 12.7. The van der Waals surface area contributed by atoms with Gasteiger partial charge >= 0.3 is 6.18 Å². The van der Waals surface area contributed by atoms with E-state index in [-0.39, 0.29) is 10.6 Å². The molecule has 1 aromatic carbocycles. The van der Waals surface area contributed by atoms with Crippen molar-refractivity contribution >= 4 is 15.7 Å². The van der Waals surface area contributed by atoms with Gasteiger partial charge in [-0.3, -0.25) is 9.29 Å². The Morgan fingerprint density at radius 2 is 1.57 bits per heavy atom. The molecule has 2 aromatic rings. The highest BCUT2D eigenvalue weighted by molar-refractivity contribution is 7.92. The van der Waals surface area contributed by atoms with E-state index in [9.17, 15) is 21.6 Å². The third-order valence-corrected chi connectivity index (χ3v) is 4.39. The Labute approximate surface area is 119 Å². The third-order valence-electron chi connectivity index (χ3n) is 2.60. The van der Waals surface area contributed by atoms with Crippen LogP contribution in [0, 0.1) is 0 Å². The van der Waals surface area contributed by atoms with E-state index in [1.54, 1.807) is 6.07 Å². The first kappa shape index (κ1) is 15.3. The number of hydrogen-bond acceptors (Lipinski definition) is 3. The fraction of sp³-hybridized carbons (Fsp3) is 0.154. The molecule has 0 amide bonds. The quantitative estimate of drug-likeness (QED) is 0.871. The van der Waals surface area contributed by atoms with Crippen molar-refractivity contribution in [1.82, 2.24) is 4.98 Å². The molecule has 112 valence electrons. The first-order valence-electron chi connectivity index (χ1n) is 5.85. The van der Waals surface area contributed by atoms with Gasteiger partial charge in [0.25, 0.3) is 10.0 Å². The van der Waals surface area contributed by atoms with E-state index in [1.165, 1.54) is 48.8 Å². The molecule has 0 N–H and O–H groups in total. The molecule has 0 saturated heterocycles. The molecule has 0 aliphatic carbocycles. The van der Waals surface area contributed by atoms with E-state index in [0.29, 0.717) is 4.31 Å². The maximum Gasteiger partial charge on any atom is 0.407 e. The lowest BCUT2D eigenvalue weighted by Gasteiger charge is -2.25. The molecule has 0 aliphatic heterocycles. The second-order valence-corrected chi connectivity index (χ2v) is 6.01. The van der Waals surface area contributed by atoms with Crippen molar-refractivity contribution < 1.29 is 21.6 Å². The van der Waals surface area contributed by atoms with E-state index in [1.807, 2.05) is 0 Å². The van der Waals surface area contributed by atoms with Crippen molar-refractivity contribution in [2.45, 2.75) is 11.1 Å². The third kappa shape index (κ3) is 3.72. The lowest BCUT2D eigenvalue weighted by Crippen LogP contribution is -2.39. The summed E-state index contributed by atoms with van der Waals surface area (Å²) in [6.45, 7) is -1.60. The van der Waals surface area contributed by atoms with Gasteiger partial charge in [-0.05, 0) is 24.3 Å². The molecule has 21 heavy (non-hydrogen) atoms. The van der Waals surface area contributed by atoms with Crippen LogP contribution in [-0.4, -0.2) is 26.1 Å². The average Bonchev–Trinajstić information content (AvgIpc) is 2.46. The predicted octanol–water partition coefficient (Wildman–Crippen LogP) is 2.84. The van der Waals surface area contributed by atoms with Crippen LogP contribution in [0.25, 0.3) is 0 Å². The van der Waals surface area contributed by atoms with Gasteiger partial charge in [0.1, 0.15) is 6.54 Å². The van der Waals surface area contributed by atoms with E-state index < -0.39 is 22.7 Å². The van der Waals surface area contributed by atoms with Gasteiger partial charge < -0.3 is 0 Å². The second-order valence-electron chi connectivity index (χ2n) is 4.15. The zero-order chi connectivity index (χ0) is 15.5. The van der Waals surface area contributed by atoms with Crippen molar-refractivity contribution in [3.63, 3.8) is 0 Å². The van der Waals surface area contributed by atoms with E-state index in [0.717, 1.165) is 0 Å². The molecule has 0 bridgehead atoms. The smallest absolute Gasteiger partial charge is 0.265 e. The lowest BCUT2D eigenvalue weighted by molar-refractivity contribution is -0.117. The summed E-state index contributed by atoms with van der Waals surface area (Å²) in [5.41, 5.74) is -0.0915. The van der Waals surface area contributed by atoms with E-state index in [2.05, 4.69) is 4.98 Å². The minimum absolute atomic E-state index is 0.0915. The second kappa shape index (κ2) is 5.72. The van der Waals surface area contributed by atoms with Gasteiger partial charge in [-0.15, -0.1) is 0 Å². The van der Waals surface area contributed by atoms with E-state index in [4.69, 9.17) is 0 Å². The van der Waals surface area contributed by atoms with Crippen LogP contribution < -0.4 is 4.31 Å². The first-order valence-corrected chi connectivity index (χ1v) is 7.29. The Balaban J connectivity index is 2.50. The van der Waals surface area contributed by atoms with Crippen LogP contribution in [0.4, 0.5) is 18.9 Å². The lowest BCUT2D eigenvalue weighted by atomic mass is 10.4. The molecule has 8 heteroatoms. The summed E-state index contributed by atoms with van der Waals surface area (Å²) in [5.74, 6) is 0. The van der Waals surface area contributed by atoms with Gasteiger partial charge in [-0.2, -0.15) is 13.2 Å². The van der Waals surface area contributed by atoms with E-state index >= 15 is 0 Å². The Kier molecular flexibility index (Phi) is 4.17. The van der Waals surface area contributed by atoms with Gasteiger partial charge in [0.15, 0.2) is 0 Å². The largest absolute Gasteiger partial charge is 0.407 e. The summed E-state index contributed by atoms with van der Waals surface area (Å²) in [6, 6.07) is 9.41. The van der Waals surface area contributed by atoms with Gasteiger partial charge in [0.2, 0.25) is 0 Å². The molecule has 1 aromatic heterocycles. The summed E-state index contributed by atoms with van der Waals surface area (Å²) in [6.07, 6.45) is -2.19. The molecule has 2 rings (SSSR count). The highest BCUT2D eigenvalue weighted by Gasteiger charge is 2.37. The predicted molar refractivity (Wildman–Crippen MR) is 71.3 cm³/mol. The molecule has 0 radical (unpaired) electrons. The fourth-order valence-electron chi connectivity index (χ4n) is 1.71. The summed E-state index contributed by atoms with van der Waals surface area (Å²) < 4.78 is 63.3. The topological polar surface area (TPSA) is 50.3 Å². The van der Waals surface area contributed by atoms with Crippen molar-refractivity contribution in [2.24, 2.45) is 0 Å². The van der Waals surface area contributed by atoms with Crippen molar-refractivity contribution in [1.29, 1.82) is 0 Å². The highest BCUT2D eigenvalue weighted by atomic mass is 32.2. The average molecular weight is 316 g/mol. The van der Waals surface area contributed by atoms with Crippen LogP contribution in [0.15, 0.2) is 59.8 Å². The van der Waals surface area contributed by atoms with Crippen LogP contribution >= 0.6 is 0 Å². The van der Waals surface area contributed by atoms with Crippen LogP contribution in [-0.2, 0) is 10.0 Å². The molecule has 0 atom stereocenters. The van der Waals surface area contributed by atoms with Crippen LogP contribution in [0.2, 0.25) is 0 Å². The summed E-state index contributed by atoms with van der Waals surface area (Å²) in [5, 5.41) is 0. The van der Waals surface area contributed by atoms with Crippen LogP contribution in [0.5, 0.6) is 0 Å². The molecule has 0 aliphatic rings. The van der Waals surface area contributed by atoms with Crippen molar-refractivity contribution in [3.05, 3.63) is 54.9 Å². The number of nitrogens with zero attached hydrogens (tertiary/aromatic N) is 2. The van der Waals surface area contributed by atoms with Crippen molar-refractivity contribution in [3.8, 4) is 0 Å². The molecule has 0 unspecified atom stereocenters. The molecule has 0 spiro atoms. The normalized spacial score (nSPS) is 12.1. The fourth-order valence-corrected chi connectivity index (χ4v) is 3.18. The van der Waals surface area contributed by atoms with Crippen LogP contribution in [0.3, 0.4) is 0 Å². The first-order chi connectivity index (χ1) is 9.81. The highest BCUT2D eigenvalue weighted by Crippen LogP contribution is 2.27. The number of sulfonamides is 1. The summed E-state index contributed by atoms with van der Waals surface area (Å²) >= 11 is 0. The van der Waals surface area contributed by atoms with Crippen molar-refractivity contribution in [2.75, 3.05) is 10.8 Å². The molecule has 4 nitrogen and oxygen atoms in total. The number of rotatable bonds is 4. The molecule has 1 heterocycles. The zero-order valence-electron chi connectivity index (χ0n) is 10.7. The number of aromatic nitrogens is 1. The molecule has 0 saturated carbocycles. The number of benzene rings is 1. The maximum absolute atomic E-state index is 12.7. The Bertz CT molecular complexity index is 688. The number of anilines is 1. The van der Waals surface area contributed by atoms with Gasteiger partial charge in [-0.1, -0.05) is 18.2 Å². The summed E-state index contributed by atoms with van der Waals surface area (Å²) in [4.78, 5) is 3.47. The molecular weight excluding hydrogens is 305 g/mol. The van der Waals surface area contributed by atoms with Gasteiger partial charge in [0.05, 0.1) is 10.6 Å². The van der Waals surface area contributed by atoms with Gasteiger partial charge in [-0.25, -0.2) is 8.42 Å². The van der Waals surface area contributed by atoms with Gasteiger partial charge in [0, 0.05) is 12.4 Å². The SMILES string of the molecule is O=S(=O)(c1ccccc1)N(CC(F)(F)F)c1ccncc1. The Morgan fingerprint density at radius 1 is 1.00 bits per heavy atom. The minimum atomic E-state index is -4.66.